The standard InChI is InChI=1S/C12H22F3NO/c1-10(8-16-9-12(13,14)15)4-2-5-11-6-3-7-17-11/h10-11,16H,2-9H2,1H3. The molecule has 0 aliphatic carbocycles. The Bertz CT molecular complexity index is 202. The molecule has 0 radical (unpaired) electrons. The van der Waals surface area contributed by atoms with E-state index in [0.29, 0.717) is 18.6 Å². The minimum absolute atomic E-state index is 0.291. The second-order valence-corrected chi connectivity index (χ2v) is 4.92. The van der Waals surface area contributed by atoms with Gasteiger partial charge in [-0.2, -0.15) is 13.2 Å². The van der Waals surface area contributed by atoms with Crippen LogP contribution in [0.15, 0.2) is 0 Å². The first-order valence-corrected chi connectivity index (χ1v) is 6.36. The van der Waals surface area contributed by atoms with Gasteiger partial charge in [0.2, 0.25) is 0 Å². The second kappa shape index (κ2) is 7.21. The highest BCUT2D eigenvalue weighted by atomic mass is 19.4. The maximum absolute atomic E-state index is 11.9. The minimum Gasteiger partial charge on any atom is -0.378 e. The number of ether oxygens (including phenoxy) is 1. The quantitative estimate of drug-likeness (QED) is 0.752. The van der Waals surface area contributed by atoms with Gasteiger partial charge < -0.3 is 10.1 Å². The molecule has 0 aromatic carbocycles. The molecule has 1 saturated heterocycles. The number of hydrogen-bond acceptors (Lipinski definition) is 2. The molecule has 1 rings (SSSR count). The van der Waals surface area contributed by atoms with Crippen LogP contribution < -0.4 is 5.32 Å². The summed E-state index contributed by atoms with van der Waals surface area (Å²) in [5.74, 6) is 0.291. The highest BCUT2D eigenvalue weighted by Gasteiger charge is 2.26. The summed E-state index contributed by atoms with van der Waals surface area (Å²) in [6, 6.07) is 0. The van der Waals surface area contributed by atoms with E-state index in [1.54, 1.807) is 0 Å². The molecule has 2 unspecified atom stereocenters. The Morgan fingerprint density at radius 2 is 2.18 bits per heavy atom. The van der Waals surface area contributed by atoms with Crippen LogP contribution in [0, 0.1) is 5.92 Å². The van der Waals surface area contributed by atoms with Crippen molar-refractivity contribution in [1.82, 2.24) is 5.32 Å². The van der Waals surface area contributed by atoms with Crippen molar-refractivity contribution < 1.29 is 17.9 Å². The highest BCUT2D eigenvalue weighted by molar-refractivity contribution is 4.66. The van der Waals surface area contributed by atoms with Crippen molar-refractivity contribution in [2.45, 2.75) is 51.3 Å². The Morgan fingerprint density at radius 1 is 1.41 bits per heavy atom. The fraction of sp³-hybridized carbons (Fsp3) is 1.00. The Hall–Kier alpha value is -0.290. The summed E-state index contributed by atoms with van der Waals surface area (Å²) < 4.78 is 41.1. The van der Waals surface area contributed by atoms with Gasteiger partial charge in [0.05, 0.1) is 12.6 Å². The molecule has 1 aliphatic rings. The number of rotatable bonds is 7. The third-order valence-electron chi connectivity index (χ3n) is 3.07. The molecule has 0 saturated carbocycles. The summed E-state index contributed by atoms with van der Waals surface area (Å²) >= 11 is 0. The molecule has 1 heterocycles. The molecule has 102 valence electrons. The Labute approximate surface area is 101 Å². The fourth-order valence-corrected chi connectivity index (χ4v) is 2.13. The largest absolute Gasteiger partial charge is 0.401 e. The molecule has 0 amide bonds. The van der Waals surface area contributed by atoms with Crippen molar-refractivity contribution in [2.75, 3.05) is 19.7 Å². The number of halogens is 3. The SMILES string of the molecule is CC(CCCC1CCCO1)CNCC(F)(F)F. The molecule has 0 aromatic heterocycles. The molecule has 2 nitrogen and oxygen atoms in total. The lowest BCUT2D eigenvalue weighted by atomic mass is 10.0. The molecule has 0 spiro atoms. The summed E-state index contributed by atoms with van der Waals surface area (Å²) in [5.41, 5.74) is 0. The molecular formula is C12H22F3NO. The van der Waals surface area contributed by atoms with E-state index >= 15 is 0 Å². The van der Waals surface area contributed by atoms with Crippen LogP contribution in [0.2, 0.25) is 0 Å². The zero-order valence-corrected chi connectivity index (χ0v) is 10.4. The number of nitrogens with one attached hydrogen (secondary N) is 1. The van der Waals surface area contributed by atoms with Gasteiger partial charge >= 0.3 is 6.18 Å². The van der Waals surface area contributed by atoms with Gasteiger partial charge in [-0.15, -0.1) is 0 Å². The van der Waals surface area contributed by atoms with Crippen LogP contribution in [0.3, 0.4) is 0 Å². The van der Waals surface area contributed by atoms with Gasteiger partial charge in [-0.1, -0.05) is 13.3 Å². The normalized spacial score (nSPS) is 22.9. The van der Waals surface area contributed by atoms with Gasteiger partial charge in [0.1, 0.15) is 0 Å². The predicted octanol–water partition coefficient (Wildman–Crippen LogP) is 3.12. The van der Waals surface area contributed by atoms with Crippen LogP contribution in [0.1, 0.15) is 39.0 Å². The van der Waals surface area contributed by atoms with E-state index in [9.17, 15) is 13.2 Å². The number of alkyl halides is 3. The van der Waals surface area contributed by atoms with Crippen LogP contribution in [0.5, 0.6) is 0 Å². The van der Waals surface area contributed by atoms with Gasteiger partial charge in [0.25, 0.3) is 0 Å². The van der Waals surface area contributed by atoms with Crippen molar-refractivity contribution in [3.8, 4) is 0 Å². The van der Waals surface area contributed by atoms with Crippen molar-refractivity contribution >= 4 is 0 Å². The van der Waals surface area contributed by atoms with Gasteiger partial charge in [0.15, 0.2) is 0 Å². The second-order valence-electron chi connectivity index (χ2n) is 4.92. The Balaban J connectivity index is 1.95. The van der Waals surface area contributed by atoms with E-state index in [1.807, 2.05) is 6.92 Å². The zero-order chi connectivity index (χ0) is 12.7. The van der Waals surface area contributed by atoms with Gasteiger partial charge in [0, 0.05) is 6.61 Å². The van der Waals surface area contributed by atoms with E-state index in [2.05, 4.69) is 5.32 Å². The Morgan fingerprint density at radius 3 is 2.76 bits per heavy atom. The minimum atomic E-state index is -4.10. The van der Waals surface area contributed by atoms with E-state index in [1.165, 1.54) is 0 Å². The molecule has 0 bridgehead atoms. The lowest BCUT2D eigenvalue weighted by molar-refractivity contribution is -0.125. The first kappa shape index (κ1) is 14.8. The van der Waals surface area contributed by atoms with Gasteiger partial charge in [-0.25, -0.2) is 0 Å². The molecule has 1 fully saturated rings. The summed E-state index contributed by atoms with van der Waals surface area (Å²) in [7, 11) is 0. The zero-order valence-electron chi connectivity index (χ0n) is 10.4. The molecule has 1 N–H and O–H groups in total. The maximum Gasteiger partial charge on any atom is 0.401 e. The molecule has 17 heavy (non-hydrogen) atoms. The van der Waals surface area contributed by atoms with Crippen LogP contribution in [-0.2, 0) is 4.74 Å². The average molecular weight is 253 g/mol. The third-order valence-corrected chi connectivity index (χ3v) is 3.07. The topological polar surface area (TPSA) is 21.3 Å². The first-order valence-electron chi connectivity index (χ1n) is 6.36. The van der Waals surface area contributed by atoms with Crippen molar-refractivity contribution in [3.63, 3.8) is 0 Å². The van der Waals surface area contributed by atoms with Crippen molar-refractivity contribution in [2.24, 2.45) is 5.92 Å². The number of hydrogen-bond donors (Lipinski definition) is 1. The molecule has 1 aliphatic heterocycles. The monoisotopic (exact) mass is 253 g/mol. The summed E-state index contributed by atoms with van der Waals surface area (Å²) in [5, 5.41) is 2.45. The van der Waals surface area contributed by atoms with Crippen molar-refractivity contribution in [1.29, 1.82) is 0 Å². The average Bonchev–Trinajstić information content (AvgIpc) is 2.68. The first-order chi connectivity index (χ1) is 7.97. The molecule has 2 atom stereocenters. The molecular weight excluding hydrogens is 231 g/mol. The van der Waals surface area contributed by atoms with Crippen LogP contribution in [-0.4, -0.2) is 32.0 Å². The highest BCUT2D eigenvalue weighted by Crippen LogP contribution is 2.19. The van der Waals surface area contributed by atoms with E-state index in [0.717, 1.165) is 38.7 Å². The molecule has 5 heteroatoms. The third kappa shape index (κ3) is 7.60. The van der Waals surface area contributed by atoms with Crippen molar-refractivity contribution in [3.05, 3.63) is 0 Å². The Kier molecular flexibility index (Phi) is 6.27. The van der Waals surface area contributed by atoms with E-state index in [4.69, 9.17) is 4.74 Å². The smallest absolute Gasteiger partial charge is 0.378 e. The molecule has 0 aromatic rings. The van der Waals surface area contributed by atoms with Gasteiger partial charge in [-0.3, -0.25) is 0 Å². The van der Waals surface area contributed by atoms with Crippen LogP contribution >= 0.6 is 0 Å². The lowest BCUT2D eigenvalue weighted by Gasteiger charge is -2.15. The summed E-state index contributed by atoms with van der Waals surface area (Å²) in [4.78, 5) is 0. The van der Waals surface area contributed by atoms with Crippen LogP contribution in [0.25, 0.3) is 0 Å². The maximum atomic E-state index is 11.9. The van der Waals surface area contributed by atoms with E-state index in [-0.39, 0.29) is 0 Å². The fourth-order valence-electron chi connectivity index (χ4n) is 2.13. The lowest BCUT2D eigenvalue weighted by Crippen LogP contribution is -2.31. The predicted molar refractivity (Wildman–Crippen MR) is 60.9 cm³/mol. The summed E-state index contributed by atoms with van der Waals surface area (Å²) in [6.07, 6.45) is 1.63. The van der Waals surface area contributed by atoms with Crippen LogP contribution in [0.4, 0.5) is 13.2 Å². The van der Waals surface area contributed by atoms with Gasteiger partial charge in [-0.05, 0) is 38.1 Å². The van der Waals surface area contributed by atoms with E-state index < -0.39 is 12.7 Å². The summed E-state index contributed by atoms with van der Waals surface area (Å²) in [6.45, 7) is 2.40.